The highest BCUT2D eigenvalue weighted by Crippen LogP contribution is 2.21. The molecule has 1 unspecified atom stereocenters. The summed E-state index contributed by atoms with van der Waals surface area (Å²) in [6, 6.07) is -0.947. The third-order valence-corrected chi connectivity index (χ3v) is 6.21. The van der Waals surface area contributed by atoms with E-state index in [9.17, 15) is 19.5 Å². The van der Waals surface area contributed by atoms with Gasteiger partial charge in [-0.25, -0.2) is 4.79 Å². The van der Waals surface area contributed by atoms with E-state index in [2.05, 4.69) is 10.6 Å². The van der Waals surface area contributed by atoms with Crippen LogP contribution in [0.1, 0.15) is 81.6 Å². The van der Waals surface area contributed by atoms with Gasteiger partial charge in [0.1, 0.15) is 6.04 Å². The molecule has 7 heteroatoms. The molecule has 0 heterocycles. The van der Waals surface area contributed by atoms with Crippen molar-refractivity contribution in [3.8, 4) is 0 Å². The van der Waals surface area contributed by atoms with Gasteiger partial charge in [-0.2, -0.15) is 0 Å². The number of nitrogens with one attached hydrogen (secondary N) is 2. The van der Waals surface area contributed by atoms with Crippen molar-refractivity contribution in [1.82, 2.24) is 15.5 Å². The van der Waals surface area contributed by atoms with Crippen molar-refractivity contribution < 1.29 is 19.5 Å². The number of carbonyl (C=O) groups is 3. The first-order chi connectivity index (χ1) is 14.3. The molecule has 3 atom stereocenters. The van der Waals surface area contributed by atoms with E-state index in [4.69, 9.17) is 0 Å². The molecule has 0 saturated carbocycles. The van der Waals surface area contributed by atoms with Gasteiger partial charge in [0, 0.05) is 18.7 Å². The molecule has 180 valence electrons. The molecule has 2 amide bonds. The van der Waals surface area contributed by atoms with Gasteiger partial charge < -0.3 is 20.6 Å². The van der Waals surface area contributed by atoms with Crippen molar-refractivity contribution in [1.29, 1.82) is 0 Å². The van der Waals surface area contributed by atoms with Crippen LogP contribution in [0.3, 0.4) is 0 Å². The van der Waals surface area contributed by atoms with Gasteiger partial charge in [0.15, 0.2) is 0 Å². The first-order valence-electron chi connectivity index (χ1n) is 11.5. The molecule has 0 saturated heterocycles. The van der Waals surface area contributed by atoms with Gasteiger partial charge in [0.25, 0.3) is 0 Å². The molecule has 0 aromatic rings. The fourth-order valence-corrected chi connectivity index (χ4v) is 3.80. The summed E-state index contributed by atoms with van der Waals surface area (Å²) in [7, 11) is 1.68. The van der Waals surface area contributed by atoms with Crippen molar-refractivity contribution in [3.63, 3.8) is 0 Å². The Morgan fingerprint density at radius 2 is 1.55 bits per heavy atom. The maximum absolute atomic E-state index is 13.5. The van der Waals surface area contributed by atoms with E-state index >= 15 is 0 Å². The molecule has 0 bridgehead atoms. The summed E-state index contributed by atoms with van der Waals surface area (Å²) in [6.07, 6.45) is 3.56. The lowest BCUT2D eigenvalue weighted by atomic mass is 9.88. The van der Waals surface area contributed by atoms with Crippen LogP contribution < -0.4 is 10.6 Å². The Morgan fingerprint density at radius 1 is 1.03 bits per heavy atom. The smallest absolute Gasteiger partial charge is 0.331 e. The van der Waals surface area contributed by atoms with Gasteiger partial charge in [0.05, 0.1) is 11.6 Å². The molecule has 0 aliphatic rings. The quantitative estimate of drug-likeness (QED) is 0.381. The highest BCUT2D eigenvalue weighted by Gasteiger charge is 2.39. The SMILES string of the molecule is CC[C@H](C)C(NC(=O)C(CC)(CC)NC(C)C)C(=O)N(C)[C@H](/C=C(\C)C(=O)O)C(C)C. The number of likely N-dealkylation sites (N-methyl/N-ethyl adjacent to an activating group) is 1. The zero-order valence-electron chi connectivity index (χ0n) is 21.2. The Labute approximate surface area is 189 Å². The van der Waals surface area contributed by atoms with Crippen LogP contribution in [0.4, 0.5) is 0 Å². The molecule has 0 fully saturated rings. The molecular formula is C24H45N3O4. The Hall–Kier alpha value is -1.89. The number of nitrogens with zero attached hydrogens (tertiary/aromatic N) is 1. The monoisotopic (exact) mass is 439 g/mol. The number of rotatable bonds is 13. The van der Waals surface area contributed by atoms with Crippen LogP contribution in [0.15, 0.2) is 11.6 Å². The maximum atomic E-state index is 13.5. The van der Waals surface area contributed by atoms with Crippen molar-refractivity contribution in [2.24, 2.45) is 11.8 Å². The number of carboxylic acid groups (broad SMARTS) is 1. The van der Waals surface area contributed by atoms with Crippen LogP contribution in [0, 0.1) is 11.8 Å². The number of aliphatic carboxylic acids is 1. The van der Waals surface area contributed by atoms with Crippen LogP contribution in [0.2, 0.25) is 0 Å². The Kier molecular flexibility index (Phi) is 12.1. The molecular weight excluding hydrogens is 394 g/mol. The molecule has 0 aliphatic carbocycles. The average Bonchev–Trinajstić information content (AvgIpc) is 2.71. The predicted molar refractivity (Wildman–Crippen MR) is 126 cm³/mol. The molecule has 31 heavy (non-hydrogen) atoms. The lowest BCUT2D eigenvalue weighted by Gasteiger charge is -2.38. The average molecular weight is 440 g/mol. The van der Waals surface area contributed by atoms with Crippen molar-refractivity contribution in [2.45, 2.75) is 105 Å². The van der Waals surface area contributed by atoms with Crippen LogP contribution >= 0.6 is 0 Å². The minimum Gasteiger partial charge on any atom is -0.478 e. The summed E-state index contributed by atoms with van der Waals surface area (Å²) < 4.78 is 0. The third-order valence-electron chi connectivity index (χ3n) is 6.21. The number of hydrogen-bond acceptors (Lipinski definition) is 4. The Balaban J connectivity index is 5.97. The van der Waals surface area contributed by atoms with Gasteiger partial charge in [0.2, 0.25) is 11.8 Å². The molecule has 7 nitrogen and oxygen atoms in total. The van der Waals surface area contributed by atoms with E-state index < -0.39 is 17.6 Å². The lowest BCUT2D eigenvalue weighted by Crippen LogP contribution is -2.63. The normalized spacial score (nSPS) is 15.5. The molecule has 0 aliphatic heterocycles. The third kappa shape index (κ3) is 7.95. The summed E-state index contributed by atoms with van der Waals surface area (Å²) in [5.41, 5.74) is -0.546. The Morgan fingerprint density at radius 3 is 1.90 bits per heavy atom. The van der Waals surface area contributed by atoms with Crippen molar-refractivity contribution in [2.75, 3.05) is 7.05 Å². The van der Waals surface area contributed by atoms with Crippen LogP contribution in [0.25, 0.3) is 0 Å². The molecule has 0 aromatic carbocycles. The minimum atomic E-state index is -1.01. The van der Waals surface area contributed by atoms with E-state index in [1.54, 1.807) is 18.0 Å². The number of amides is 2. The van der Waals surface area contributed by atoms with Gasteiger partial charge in [-0.05, 0) is 45.4 Å². The van der Waals surface area contributed by atoms with E-state index in [0.29, 0.717) is 12.8 Å². The van der Waals surface area contributed by atoms with Gasteiger partial charge in [-0.1, -0.05) is 54.0 Å². The van der Waals surface area contributed by atoms with Crippen LogP contribution in [-0.4, -0.2) is 58.5 Å². The van der Waals surface area contributed by atoms with Crippen LogP contribution in [-0.2, 0) is 14.4 Å². The number of carbonyl (C=O) groups excluding carboxylic acids is 2. The van der Waals surface area contributed by atoms with Gasteiger partial charge in [-0.15, -0.1) is 0 Å². The second-order valence-electron chi connectivity index (χ2n) is 9.26. The van der Waals surface area contributed by atoms with Crippen LogP contribution in [0.5, 0.6) is 0 Å². The first kappa shape index (κ1) is 29.1. The minimum absolute atomic E-state index is 0.0181. The highest BCUT2D eigenvalue weighted by molar-refractivity contribution is 5.92. The molecule has 0 aromatic heterocycles. The van der Waals surface area contributed by atoms with Crippen molar-refractivity contribution >= 4 is 17.8 Å². The fourth-order valence-electron chi connectivity index (χ4n) is 3.80. The summed E-state index contributed by atoms with van der Waals surface area (Å²) in [5.74, 6) is -1.43. The summed E-state index contributed by atoms with van der Waals surface area (Å²) >= 11 is 0. The molecule has 0 spiro atoms. The second kappa shape index (κ2) is 12.8. The first-order valence-corrected chi connectivity index (χ1v) is 11.5. The fraction of sp³-hybridized carbons (Fsp3) is 0.792. The summed E-state index contributed by atoms with van der Waals surface area (Å²) in [4.78, 5) is 39.8. The largest absolute Gasteiger partial charge is 0.478 e. The zero-order valence-corrected chi connectivity index (χ0v) is 21.2. The van der Waals surface area contributed by atoms with Gasteiger partial charge >= 0.3 is 5.97 Å². The summed E-state index contributed by atoms with van der Waals surface area (Å²) in [5, 5.41) is 15.7. The second-order valence-corrected chi connectivity index (χ2v) is 9.26. The maximum Gasteiger partial charge on any atom is 0.331 e. The van der Waals surface area contributed by atoms with E-state index in [0.717, 1.165) is 6.42 Å². The Bertz CT molecular complexity index is 639. The predicted octanol–water partition coefficient (Wildman–Crippen LogP) is 3.59. The lowest BCUT2D eigenvalue weighted by molar-refractivity contribution is -0.140. The van der Waals surface area contributed by atoms with E-state index in [-0.39, 0.29) is 41.3 Å². The van der Waals surface area contributed by atoms with E-state index in [1.165, 1.54) is 6.92 Å². The zero-order chi connectivity index (χ0) is 24.5. The highest BCUT2D eigenvalue weighted by atomic mass is 16.4. The van der Waals surface area contributed by atoms with E-state index in [1.807, 2.05) is 55.4 Å². The van der Waals surface area contributed by atoms with Crippen molar-refractivity contribution in [3.05, 3.63) is 11.6 Å². The number of hydrogen-bond donors (Lipinski definition) is 3. The topological polar surface area (TPSA) is 98.7 Å². The molecule has 0 radical (unpaired) electrons. The molecule has 3 N–H and O–H groups in total. The summed E-state index contributed by atoms with van der Waals surface area (Å²) in [6.45, 7) is 17.3. The molecule has 0 rings (SSSR count). The number of carboxylic acids is 1. The van der Waals surface area contributed by atoms with Gasteiger partial charge in [-0.3, -0.25) is 9.59 Å². The standard InChI is InChI=1S/C24H45N3O4/c1-11-17(8)20(25-23(31)24(12-2,13-3)26-16(6)7)21(28)27(10)19(15(4)5)14-18(9)22(29)30/h14-17,19-20,26H,11-13H2,1-10H3,(H,25,31)(H,29,30)/b18-14+/t17-,19+,20?/m0/s1.